The normalized spacial score (nSPS) is 16.4. The summed E-state index contributed by atoms with van der Waals surface area (Å²) in [4.78, 5) is 12.6. The molecule has 0 bridgehead atoms. The molecule has 0 radical (unpaired) electrons. The Balaban J connectivity index is 1.54. The monoisotopic (exact) mass is 436 g/mol. The lowest BCUT2D eigenvalue weighted by molar-refractivity contribution is 0.542. The second-order valence-electron chi connectivity index (χ2n) is 8.31. The van der Waals surface area contributed by atoms with Crippen molar-refractivity contribution in [1.82, 2.24) is 25.1 Å². The van der Waals surface area contributed by atoms with Crippen LogP contribution in [0.1, 0.15) is 37.4 Å². The molecule has 1 aliphatic heterocycles. The highest BCUT2D eigenvalue weighted by Gasteiger charge is 2.26. The van der Waals surface area contributed by atoms with Gasteiger partial charge in [0.1, 0.15) is 17.8 Å². The van der Waals surface area contributed by atoms with E-state index in [1.54, 1.807) is 6.20 Å². The van der Waals surface area contributed by atoms with Crippen LogP contribution in [0.15, 0.2) is 47.9 Å². The van der Waals surface area contributed by atoms with Crippen molar-refractivity contribution < 1.29 is 8.42 Å². The number of hydrogen-bond donors (Lipinski definition) is 3. The minimum Gasteiger partial charge on any atom is -0.362 e. The molecule has 9 heteroatoms. The van der Waals surface area contributed by atoms with E-state index < -0.39 is 9.84 Å². The third-order valence-electron chi connectivity index (χ3n) is 5.84. The van der Waals surface area contributed by atoms with E-state index >= 15 is 0 Å². The number of rotatable bonds is 5. The fraction of sp³-hybridized carbons (Fsp3) is 0.318. The number of benzene rings is 1. The van der Waals surface area contributed by atoms with E-state index in [-0.39, 0.29) is 17.7 Å². The van der Waals surface area contributed by atoms with E-state index in [4.69, 9.17) is 0 Å². The van der Waals surface area contributed by atoms with Crippen molar-refractivity contribution in [2.24, 2.45) is 5.92 Å². The van der Waals surface area contributed by atoms with Gasteiger partial charge in [-0.1, -0.05) is 26.0 Å². The Morgan fingerprint density at radius 1 is 1.16 bits per heavy atom. The van der Waals surface area contributed by atoms with Gasteiger partial charge in [0.25, 0.3) is 0 Å². The topological polar surface area (TPSA) is 116 Å². The summed E-state index contributed by atoms with van der Waals surface area (Å²) in [6.07, 6.45) is 6.58. The third-order valence-corrected chi connectivity index (χ3v) is 7.71. The second kappa shape index (κ2) is 7.49. The van der Waals surface area contributed by atoms with Crippen LogP contribution in [0.3, 0.4) is 0 Å². The van der Waals surface area contributed by atoms with E-state index in [1.165, 1.54) is 6.33 Å². The van der Waals surface area contributed by atoms with Gasteiger partial charge >= 0.3 is 0 Å². The Bertz CT molecular complexity index is 1340. The summed E-state index contributed by atoms with van der Waals surface area (Å²) >= 11 is 0. The van der Waals surface area contributed by atoms with Gasteiger partial charge in [-0.05, 0) is 42.0 Å². The molecule has 0 spiro atoms. The molecule has 0 amide bonds. The summed E-state index contributed by atoms with van der Waals surface area (Å²) in [5.74, 6) is 1.13. The smallest absolute Gasteiger partial charge is 0.178 e. The van der Waals surface area contributed by atoms with E-state index in [1.807, 2.05) is 30.5 Å². The molecular formula is C22H24N6O2S. The number of nitrogens with one attached hydrogen (secondary N) is 3. The fourth-order valence-electron chi connectivity index (χ4n) is 4.21. The van der Waals surface area contributed by atoms with Gasteiger partial charge in [-0.2, -0.15) is 5.10 Å². The van der Waals surface area contributed by atoms with Crippen LogP contribution >= 0.6 is 0 Å². The molecule has 1 aliphatic rings. The number of aryl methyl sites for hydroxylation is 1. The lowest BCUT2D eigenvalue weighted by Gasteiger charge is -2.26. The molecule has 0 fully saturated rings. The summed E-state index contributed by atoms with van der Waals surface area (Å²) in [6, 6.07) is 7.73. The van der Waals surface area contributed by atoms with Crippen molar-refractivity contribution in [1.29, 1.82) is 0 Å². The van der Waals surface area contributed by atoms with Gasteiger partial charge in [0, 0.05) is 11.8 Å². The number of fused-ring (bicyclic) bond motifs is 2. The maximum absolute atomic E-state index is 12.6. The van der Waals surface area contributed by atoms with Crippen molar-refractivity contribution in [2.45, 2.75) is 37.6 Å². The van der Waals surface area contributed by atoms with Crippen LogP contribution in [-0.4, -0.2) is 39.3 Å². The van der Waals surface area contributed by atoms with Crippen LogP contribution in [0.2, 0.25) is 0 Å². The minimum atomic E-state index is -3.22. The molecule has 3 aromatic heterocycles. The highest BCUT2D eigenvalue weighted by molar-refractivity contribution is 7.91. The number of hydrogen-bond acceptors (Lipinski definition) is 6. The Morgan fingerprint density at radius 2 is 2.03 bits per heavy atom. The van der Waals surface area contributed by atoms with Crippen molar-refractivity contribution in [3.63, 3.8) is 0 Å². The number of aromatic amines is 2. The maximum atomic E-state index is 12.6. The molecular weight excluding hydrogens is 412 g/mol. The summed E-state index contributed by atoms with van der Waals surface area (Å²) in [5, 5.41) is 11.2. The van der Waals surface area contributed by atoms with Gasteiger partial charge in [-0.25, -0.2) is 18.4 Å². The first-order valence-electron chi connectivity index (χ1n) is 10.4. The maximum Gasteiger partial charge on any atom is 0.178 e. The zero-order chi connectivity index (χ0) is 21.6. The first-order valence-corrected chi connectivity index (χ1v) is 12.0. The highest BCUT2D eigenvalue weighted by atomic mass is 32.2. The first-order chi connectivity index (χ1) is 14.9. The fourth-order valence-corrected chi connectivity index (χ4v) is 5.84. The number of nitrogens with zero attached hydrogens (tertiary/aromatic N) is 3. The van der Waals surface area contributed by atoms with E-state index in [0.29, 0.717) is 17.1 Å². The SMILES string of the molecule is CC(C)[C@@H](Nc1ncnc2[nH]c(-c3cn[nH]c3)cc12)c1ccc2c(c1)S(=O)(=O)CCC2. The molecule has 1 aromatic carbocycles. The van der Waals surface area contributed by atoms with Crippen LogP contribution in [-0.2, 0) is 16.3 Å². The van der Waals surface area contributed by atoms with Gasteiger partial charge in [0.05, 0.1) is 34.0 Å². The molecule has 0 saturated carbocycles. The average Bonchev–Trinajstić information content (AvgIpc) is 3.41. The van der Waals surface area contributed by atoms with Crippen LogP contribution in [0.5, 0.6) is 0 Å². The van der Waals surface area contributed by atoms with E-state index in [0.717, 1.165) is 39.8 Å². The van der Waals surface area contributed by atoms with Gasteiger partial charge in [-0.15, -0.1) is 0 Å². The molecule has 4 heterocycles. The minimum absolute atomic E-state index is 0.104. The van der Waals surface area contributed by atoms with Crippen molar-refractivity contribution in [2.75, 3.05) is 11.1 Å². The summed E-state index contributed by atoms with van der Waals surface area (Å²) in [5.41, 5.74) is 4.41. The largest absolute Gasteiger partial charge is 0.362 e. The number of aromatic nitrogens is 5. The zero-order valence-electron chi connectivity index (χ0n) is 17.4. The standard InChI is InChI=1S/C22H24N6O2S/c1-13(2)20(15-6-5-14-4-3-7-31(29,30)19(14)8-15)28-22-17-9-18(16-10-25-26-11-16)27-21(17)23-12-24-22/h5-6,8-13,20H,3-4,7H2,1-2H3,(H,25,26)(H2,23,24,27,28)/t20-/m1/s1. The summed E-state index contributed by atoms with van der Waals surface area (Å²) in [6.45, 7) is 4.22. The second-order valence-corrected chi connectivity index (χ2v) is 10.4. The predicted molar refractivity (Wildman–Crippen MR) is 119 cm³/mol. The van der Waals surface area contributed by atoms with Gasteiger partial charge in [-0.3, -0.25) is 5.10 Å². The van der Waals surface area contributed by atoms with E-state index in [9.17, 15) is 8.42 Å². The molecule has 0 unspecified atom stereocenters. The third kappa shape index (κ3) is 3.59. The lowest BCUT2D eigenvalue weighted by atomic mass is 9.94. The van der Waals surface area contributed by atoms with Crippen molar-refractivity contribution >= 4 is 26.7 Å². The molecule has 3 N–H and O–H groups in total. The Hall–Kier alpha value is -3.20. The van der Waals surface area contributed by atoms with Crippen LogP contribution < -0.4 is 5.32 Å². The van der Waals surface area contributed by atoms with E-state index in [2.05, 4.69) is 44.3 Å². The van der Waals surface area contributed by atoms with Crippen LogP contribution in [0, 0.1) is 5.92 Å². The summed E-state index contributed by atoms with van der Waals surface area (Å²) < 4.78 is 25.2. The Morgan fingerprint density at radius 3 is 2.81 bits per heavy atom. The number of sulfone groups is 1. The molecule has 0 aliphatic carbocycles. The highest BCUT2D eigenvalue weighted by Crippen LogP contribution is 2.34. The molecule has 4 aromatic rings. The Labute approximate surface area is 180 Å². The first kappa shape index (κ1) is 19.7. The molecule has 160 valence electrons. The van der Waals surface area contributed by atoms with Crippen LogP contribution in [0.25, 0.3) is 22.3 Å². The number of anilines is 1. The molecule has 8 nitrogen and oxygen atoms in total. The van der Waals surface area contributed by atoms with Gasteiger partial charge in [0.2, 0.25) is 0 Å². The number of H-pyrrole nitrogens is 2. The predicted octanol–water partition coefficient (Wildman–Crippen LogP) is 3.88. The zero-order valence-corrected chi connectivity index (χ0v) is 18.2. The summed E-state index contributed by atoms with van der Waals surface area (Å²) in [7, 11) is -3.22. The molecule has 5 rings (SSSR count). The molecule has 0 saturated heterocycles. The van der Waals surface area contributed by atoms with Gasteiger partial charge < -0.3 is 10.3 Å². The van der Waals surface area contributed by atoms with Crippen LogP contribution in [0.4, 0.5) is 5.82 Å². The van der Waals surface area contributed by atoms with Gasteiger partial charge in [0.15, 0.2) is 9.84 Å². The van der Waals surface area contributed by atoms with Crippen molar-refractivity contribution in [3.8, 4) is 11.3 Å². The average molecular weight is 437 g/mol. The quantitative estimate of drug-likeness (QED) is 0.437. The Kier molecular flexibility index (Phi) is 4.77. The lowest BCUT2D eigenvalue weighted by Crippen LogP contribution is -2.20. The molecule has 1 atom stereocenters. The molecule has 31 heavy (non-hydrogen) atoms. The van der Waals surface area contributed by atoms with Crippen molar-refractivity contribution in [3.05, 3.63) is 54.1 Å².